The van der Waals surface area contributed by atoms with E-state index in [-0.39, 0.29) is 29.9 Å². The standard InChI is InChI=1S/C22H30N6O5/c1-5-32-16-8-6-15(7-9-16)20-24-17(33-26-20)13-27(10-11-31-4)18-19(23)28(12-14(2)3)22(30)25-21(18)29/h6-9,14H,5,10-13,23H2,1-4H3,(H,25,29,30). The van der Waals surface area contributed by atoms with Gasteiger partial charge in [-0.15, -0.1) is 0 Å². The number of aromatic nitrogens is 4. The lowest BCUT2D eigenvalue weighted by Gasteiger charge is -2.24. The van der Waals surface area contributed by atoms with Gasteiger partial charge in [-0.3, -0.25) is 14.3 Å². The fourth-order valence-corrected chi connectivity index (χ4v) is 3.37. The third-order valence-electron chi connectivity index (χ3n) is 4.86. The molecule has 0 unspecified atom stereocenters. The molecule has 0 saturated heterocycles. The van der Waals surface area contributed by atoms with Gasteiger partial charge in [0.1, 0.15) is 17.3 Å². The van der Waals surface area contributed by atoms with Gasteiger partial charge in [0.25, 0.3) is 5.56 Å². The molecular formula is C22H30N6O5. The fraction of sp³-hybridized carbons (Fsp3) is 0.455. The summed E-state index contributed by atoms with van der Waals surface area (Å²) in [5.74, 6) is 1.69. The van der Waals surface area contributed by atoms with Crippen molar-refractivity contribution in [1.82, 2.24) is 19.7 Å². The molecule has 0 aliphatic heterocycles. The topological polar surface area (TPSA) is 142 Å². The van der Waals surface area contributed by atoms with E-state index in [1.165, 1.54) is 4.57 Å². The van der Waals surface area contributed by atoms with Crippen molar-refractivity contribution in [1.29, 1.82) is 0 Å². The molecule has 1 aromatic carbocycles. The average molecular weight is 459 g/mol. The summed E-state index contributed by atoms with van der Waals surface area (Å²) < 4.78 is 17.4. The van der Waals surface area contributed by atoms with Gasteiger partial charge in [0.05, 0.1) is 19.8 Å². The van der Waals surface area contributed by atoms with Crippen molar-refractivity contribution in [2.24, 2.45) is 5.92 Å². The molecule has 11 heteroatoms. The minimum atomic E-state index is -0.583. The molecule has 2 aromatic heterocycles. The van der Waals surface area contributed by atoms with Crippen LogP contribution in [0.2, 0.25) is 0 Å². The summed E-state index contributed by atoms with van der Waals surface area (Å²) in [4.78, 5) is 33.5. The highest BCUT2D eigenvalue weighted by atomic mass is 16.5. The normalized spacial score (nSPS) is 11.2. The summed E-state index contributed by atoms with van der Waals surface area (Å²) in [7, 11) is 1.56. The largest absolute Gasteiger partial charge is 0.494 e. The van der Waals surface area contributed by atoms with Crippen LogP contribution in [0.3, 0.4) is 0 Å². The van der Waals surface area contributed by atoms with Crippen LogP contribution >= 0.6 is 0 Å². The third-order valence-corrected chi connectivity index (χ3v) is 4.86. The van der Waals surface area contributed by atoms with Gasteiger partial charge in [0, 0.05) is 25.8 Å². The Kier molecular flexibility index (Phi) is 7.88. The van der Waals surface area contributed by atoms with Gasteiger partial charge in [-0.05, 0) is 37.1 Å². The number of aromatic amines is 1. The average Bonchev–Trinajstić information content (AvgIpc) is 3.24. The second-order valence-corrected chi connectivity index (χ2v) is 7.88. The Morgan fingerprint density at radius 3 is 2.61 bits per heavy atom. The molecule has 33 heavy (non-hydrogen) atoms. The highest BCUT2D eigenvalue weighted by Gasteiger charge is 2.22. The van der Waals surface area contributed by atoms with E-state index in [2.05, 4.69) is 15.1 Å². The highest BCUT2D eigenvalue weighted by Crippen LogP contribution is 2.23. The molecule has 0 atom stereocenters. The number of H-pyrrole nitrogens is 1. The van der Waals surface area contributed by atoms with Crippen molar-refractivity contribution in [2.45, 2.75) is 33.9 Å². The summed E-state index contributed by atoms with van der Waals surface area (Å²) in [5.41, 5.74) is 6.07. The first-order valence-corrected chi connectivity index (χ1v) is 10.8. The smallest absolute Gasteiger partial charge is 0.330 e. The fourth-order valence-electron chi connectivity index (χ4n) is 3.37. The van der Waals surface area contributed by atoms with Crippen LogP contribution in [0.4, 0.5) is 11.5 Å². The summed E-state index contributed by atoms with van der Waals surface area (Å²) in [5, 5.41) is 4.05. The molecule has 0 spiro atoms. The zero-order valence-electron chi connectivity index (χ0n) is 19.3. The first-order chi connectivity index (χ1) is 15.8. The Bertz CT molecular complexity index is 1170. The van der Waals surface area contributed by atoms with Crippen LogP contribution in [-0.4, -0.2) is 46.6 Å². The van der Waals surface area contributed by atoms with Crippen LogP contribution in [0.15, 0.2) is 38.4 Å². The molecule has 3 aromatic rings. The van der Waals surface area contributed by atoms with Gasteiger partial charge in [0.15, 0.2) is 0 Å². The number of nitrogens with zero attached hydrogens (tertiary/aromatic N) is 4. The molecule has 0 saturated carbocycles. The summed E-state index contributed by atoms with van der Waals surface area (Å²) in [6.45, 7) is 7.54. The van der Waals surface area contributed by atoms with Crippen molar-refractivity contribution in [3.63, 3.8) is 0 Å². The number of hydrogen-bond acceptors (Lipinski definition) is 9. The number of ether oxygens (including phenoxy) is 2. The van der Waals surface area contributed by atoms with Crippen molar-refractivity contribution in [2.75, 3.05) is 37.5 Å². The lowest BCUT2D eigenvalue weighted by Crippen LogP contribution is -2.40. The zero-order valence-corrected chi connectivity index (χ0v) is 19.3. The maximum atomic E-state index is 12.7. The van der Waals surface area contributed by atoms with Crippen LogP contribution in [0.5, 0.6) is 5.75 Å². The van der Waals surface area contributed by atoms with E-state index >= 15 is 0 Å². The van der Waals surface area contributed by atoms with Gasteiger partial charge >= 0.3 is 5.69 Å². The van der Waals surface area contributed by atoms with Gasteiger partial charge in [-0.2, -0.15) is 4.98 Å². The van der Waals surface area contributed by atoms with E-state index in [1.807, 2.05) is 45.0 Å². The van der Waals surface area contributed by atoms with E-state index < -0.39 is 11.2 Å². The predicted molar refractivity (Wildman–Crippen MR) is 124 cm³/mol. The Labute approximate surface area is 191 Å². The number of hydrogen-bond donors (Lipinski definition) is 2. The quantitative estimate of drug-likeness (QED) is 0.440. The molecule has 3 rings (SSSR count). The number of anilines is 2. The van der Waals surface area contributed by atoms with Crippen molar-refractivity contribution in [3.8, 4) is 17.1 Å². The van der Waals surface area contributed by atoms with E-state index in [9.17, 15) is 9.59 Å². The van der Waals surface area contributed by atoms with E-state index in [1.54, 1.807) is 12.0 Å². The lowest BCUT2D eigenvalue weighted by atomic mass is 10.2. The molecule has 0 amide bonds. The second-order valence-electron chi connectivity index (χ2n) is 7.88. The van der Waals surface area contributed by atoms with E-state index in [4.69, 9.17) is 19.7 Å². The summed E-state index contributed by atoms with van der Waals surface area (Å²) in [6, 6.07) is 7.34. The third kappa shape index (κ3) is 5.80. The van der Waals surface area contributed by atoms with Gasteiger partial charge in [-0.25, -0.2) is 4.79 Å². The van der Waals surface area contributed by atoms with E-state index in [0.717, 1.165) is 11.3 Å². The van der Waals surface area contributed by atoms with Crippen LogP contribution in [0, 0.1) is 5.92 Å². The Hall–Kier alpha value is -3.60. The number of benzene rings is 1. The molecule has 0 bridgehead atoms. The SMILES string of the molecule is CCOc1ccc(-c2noc(CN(CCOC)c3c(N)n(CC(C)C)c(=O)[nH]c3=O)n2)cc1. The maximum absolute atomic E-state index is 12.7. The van der Waals surface area contributed by atoms with Crippen molar-refractivity contribution in [3.05, 3.63) is 51.0 Å². The predicted octanol–water partition coefficient (Wildman–Crippen LogP) is 1.88. The maximum Gasteiger partial charge on any atom is 0.330 e. The molecule has 0 aliphatic rings. The molecule has 0 aliphatic carbocycles. The molecule has 0 radical (unpaired) electrons. The minimum absolute atomic E-state index is 0.0832. The highest BCUT2D eigenvalue weighted by molar-refractivity contribution is 5.62. The van der Waals surface area contributed by atoms with E-state index in [0.29, 0.717) is 32.1 Å². The number of nitrogens with one attached hydrogen (secondary N) is 1. The van der Waals surface area contributed by atoms with Crippen molar-refractivity contribution < 1.29 is 14.0 Å². The van der Waals surface area contributed by atoms with Crippen molar-refractivity contribution >= 4 is 11.5 Å². The number of nitrogens with two attached hydrogens (primary N) is 1. The molecular weight excluding hydrogens is 428 g/mol. The van der Waals surface area contributed by atoms with Crippen LogP contribution in [0.1, 0.15) is 26.7 Å². The van der Waals surface area contributed by atoms with Gasteiger partial charge in [-0.1, -0.05) is 19.0 Å². The molecule has 0 fully saturated rings. The molecule has 11 nitrogen and oxygen atoms in total. The molecule has 2 heterocycles. The monoisotopic (exact) mass is 458 g/mol. The Morgan fingerprint density at radius 2 is 1.97 bits per heavy atom. The zero-order chi connectivity index (χ0) is 24.0. The van der Waals surface area contributed by atoms with Crippen LogP contribution < -0.4 is 26.6 Å². The van der Waals surface area contributed by atoms with Gasteiger partial charge in [0.2, 0.25) is 11.7 Å². The first kappa shape index (κ1) is 24.1. The number of nitrogen functional groups attached to an aromatic ring is 1. The second kappa shape index (κ2) is 10.8. The van der Waals surface area contributed by atoms with Crippen LogP contribution in [0.25, 0.3) is 11.4 Å². The number of rotatable bonds is 11. The molecule has 178 valence electrons. The van der Waals surface area contributed by atoms with Crippen LogP contribution in [-0.2, 0) is 17.8 Å². The first-order valence-electron chi connectivity index (χ1n) is 10.8. The van der Waals surface area contributed by atoms with Gasteiger partial charge < -0.3 is 24.6 Å². The minimum Gasteiger partial charge on any atom is -0.494 e. The lowest BCUT2D eigenvalue weighted by molar-refractivity contribution is 0.204. The summed E-state index contributed by atoms with van der Waals surface area (Å²) in [6.07, 6.45) is 0. The Balaban J connectivity index is 1.91. The summed E-state index contributed by atoms with van der Waals surface area (Å²) >= 11 is 0. The molecule has 3 N–H and O–H groups in total. The number of methoxy groups -OCH3 is 1. The Morgan fingerprint density at radius 1 is 1.24 bits per heavy atom.